The highest BCUT2D eigenvalue weighted by Crippen LogP contribution is 2.30. The Labute approximate surface area is 122 Å². The molecule has 0 aromatic heterocycles. The van der Waals surface area contributed by atoms with Crippen molar-refractivity contribution in [1.29, 1.82) is 0 Å². The summed E-state index contributed by atoms with van der Waals surface area (Å²) >= 11 is 8.84. The molecule has 98 valence electrons. The number of ether oxygens (including phenoxy) is 1. The molecule has 0 aliphatic carbocycles. The first kappa shape index (κ1) is 13.8. The second-order valence-corrected chi connectivity index (χ2v) is 4.97. The molecular formula is C13H8BrClFNO2. The van der Waals surface area contributed by atoms with Gasteiger partial charge in [-0.15, -0.1) is 0 Å². The van der Waals surface area contributed by atoms with Gasteiger partial charge >= 0.3 is 0 Å². The predicted molar refractivity (Wildman–Crippen MR) is 74.1 cm³/mol. The summed E-state index contributed by atoms with van der Waals surface area (Å²) in [6.45, 7) is 0. The minimum Gasteiger partial charge on any atom is -0.456 e. The fourth-order valence-electron chi connectivity index (χ4n) is 1.45. The third-order valence-electron chi connectivity index (χ3n) is 2.33. The molecule has 0 fully saturated rings. The lowest BCUT2D eigenvalue weighted by atomic mass is 10.2. The van der Waals surface area contributed by atoms with Crippen molar-refractivity contribution in [2.75, 3.05) is 0 Å². The Balaban J connectivity index is 2.37. The number of rotatable bonds is 3. The van der Waals surface area contributed by atoms with Crippen LogP contribution in [-0.4, -0.2) is 5.91 Å². The monoisotopic (exact) mass is 343 g/mol. The van der Waals surface area contributed by atoms with E-state index >= 15 is 0 Å². The Morgan fingerprint density at radius 3 is 2.63 bits per heavy atom. The van der Waals surface area contributed by atoms with E-state index in [0.717, 1.165) is 0 Å². The van der Waals surface area contributed by atoms with Gasteiger partial charge in [-0.25, -0.2) is 4.39 Å². The maximum absolute atomic E-state index is 13.1. The Bertz CT molecular complexity index is 649. The van der Waals surface area contributed by atoms with Gasteiger partial charge in [0.15, 0.2) is 0 Å². The van der Waals surface area contributed by atoms with Crippen LogP contribution in [0.4, 0.5) is 4.39 Å². The molecule has 0 heterocycles. The first-order valence-corrected chi connectivity index (χ1v) is 6.37. The molecule has 2 N–H and O–H groups in total. The highest BCUT2D eigenvalue weighted by Gasteiger charge is 2.11. The van der Waals surface area contributed by atoms with E-state index in [1.54, 1.807) is 6.07 Å². The summed E-state index contributed by atoms with van der Waals surface area (Å²) in [5.74, 6) is -0.425. The van der Waals surface area contributed by atoms with Crippen LogP contribution in [0.1, 0.15) is 10.4 Å². The minimum atomic E-state index is -0.654. The molecule has 0 spiro atoms. The van der Waals surface area contributed by atoms with Gasteiger partial charge in [-0.3, -0.25) is 4.79 Å². The van der Waals surface area contributed by atoms with Gasteiger partial charge in [0.25, 0.3) is 5.91 Å². The van der Waals surface area contributed by atoms with E-state index in [0.29, 0.717) is 10.8 Å². The van der Waals surface area contributed by atoms with Crippen LogP contribution in [0, 0.1) is 5.82 Å². The fraction of sp³-hybridized carbons (Fsp3) is 0. The zero-order valence-electron chi connectivity index (χ0n) is 9.49. The van der Waals surface area contributed by atoms with E-state index in [1.165, 1.54) is 30.3 Å². The quantitative estimate of drug-likeness (QED) is 0.910. The molecule has 0 unspecified atom stereocenters. The van der Waals surface area contributed by atoms with Crippen molar-refractivity contribution in [3.63, 3.8) is 0 Å². The molecule has 0 aliphatic rings. The van der Waals surface area contributed by atoms with Gasteiger partial charge in [0.2, 0.25) is 0 Å². The number of benzene rings is 2. The summed E-state index contributed by atoms with van der Waals surface area (Å²) in [6, 6.07) is 8.66. The van der Waals surface area contributed by atoms with Gasteiger partial charge < -0.3 is 10.5 Å². The average molecular weight is 345 g/mol. The van der Waals surface area contributed by atoms with Gasteiger partial charge in [0.05, 0.1) is 10.0 Å². The molecule has 0 bridgehead atoms. The lowest BCUT2D eigenvalue weighted by Crippen LogP contribution is -2.12. The van der Waals surface area contributed by atoms with Crippen molar-refractivity contribution in [3.8, 4) is 11.5 Å². The van der Waals surface area contributed by atoms with Gasteiger partial charge in [0.1, 0.15) is 17.3 Å². The van der Waals surface area contributed by atoms with E-state index in [-0.39, 0.29) is 15.8 Å². The van der Waals surface area contributed by atoms with E-state index < -0.39 is 11.7 Å². The van der Waals surface area contributed by atoms with Crippen LogP contribution in [-0.2, 0) is 0 Å². The Kier molecular flexibility index (Phi) is 4.07. The van der Waals surface area contributed by atoms with Gasteiger partial charge in [0, 0.05) is 5.02 Å². The molecule has 6 heteroatoms. The second-order valence-electron chi connectivity index (χ2n) is 3.68. The smallest absolute Gasteiger partial charge is 0.252 e. The van der Waals surface area contributed by atoms with Crippen LogP contribution in [0.3, 0.4) is 0 Å². The van der Waals surface area contributed by atoms with Crippen LogP contribution in [0.5, 0.6) is 11.5 Å². The van der Waals surface area contributed by atoms with E-state index in [1.807, 2.05) is 0 Å². The predicted octanol–water partition coefficient (Wildman–Crippen LogP) is 4.13. The molecule has 2 aromatic rings. The number of amides is 1. The van der Waals surface area contributed by atoms with Crippen molar-refractivity contribution >= 4 is 33.4 Å². The summed E-state index contributed by atoms with van der Waals surface area (Å²) in [5, 5.41) is 0.376. The van der Waals surface area contributed by atoms with Crippen LogP contribution < -0.4 is 10.5 Å². The van der Waals surface area contributed by atoms with Crippen molar-refractivity contribution < 1.29 is 13.9 Å². The van der Waals surface area contributed by atoms with Crippen molar-refractivity contribution in [3.05, 3.63) is 57.3 Å². The highest BCUT2D eigenvalue weighted by atomic mass is 79.9. The topological polar surface area (TPSA) is 52.3 Å². The SMILES string of the molecule is NC(=O)c1cc(Cl)ccc1Oc1ccc(F)c(Br)c1. The number of halogens is 3. The number of hydrogen-bond acceptors (Lipinski definition) is 2. The molecule has 0 saturated carbocycles. The zero-order chi connectivity index (χ0) is 14.0. The van der Waals surface area contributed by atoms with Crippen molar-refractivity contribution in [1.82, 2.24) is 0 Å². The maximum Gasteiger partial charge on any atom is 0.252 e. The van der Waals surface area contributed by atoms with Crippen LogP contribution in [0.2, 0.25) is 5.02 Å². The molecule has 0 aliphatic heterocycles. The first-order valence-electron chi connectivity index (χ1n) is 5.19. The molecule has 0 saturated heterocycles. The summed E-state index contributed by atoms with van der Waals surface area (Å²) in [5.41, 5.74) is 5.40. The number of hydrogen-bond donors (Lipinski definition) is 1. The van der Waals surface area contributed by atoms with E-state index in [2.05, 4.69) is 15.9 Å². The van der Waals surface area contributed by atoms with Gasteiger partial charge in [-0.2, -0.15) is 0 Å². The van der Waals surface area contributed by atoms with E-state index in [9.17, 15) is 9.18 Å². The lowest BCUT2D eigenvalue weighted by molar-refractivity contribution is 0.0998. The molecule has 3 nitrogen and oxygen atoms in total. The highest BCUT2D eigenvalue weighted by molar-refractivity contribution is 9.10. The Morgan fingerprint density at radius 2 is 2.00 bits per heavy atom. The van der Waals surface area contributed by atoms with Crippen molar-refractivity contribution in [2.24, 2.45) is 5.73 Å². The molecule has 0 radical (unpaired) electrons. The molecule has 2 aromatic carbocycles. The Morgan fingerprint density at radius 1 is 1.26 bits per heavy atom. The van der Waals surface area contributed by atoms with Crippen LogP contribution in [0.25, 0.3) is 0 Å². The normalized spacial score (nSPS) is 10.3. The largest absolute Gasteiger partial charge is 0.456 e. The molecule has 2 rings (SSSR count). The van der Waals surface area contributed by atoms with Crippen molar-refractivity contribution in [2.45, 2.75) is 0 Å². The lowest BCUT2D eigenvalue weighted by Gasteiger charge is -2.10. The van der Waals surface area contributed by atoms with Crippen LogP contribution >= 0.6 is 27.5 Å². The summed E-state index contributed by atoms with van der Waals surface area (Å²) in [4.78, 5) is 11.3. The number of carbonyl (C=O) groups is 1. The first-order chi connectivity index (χ1) is 8.97. The summed E-state index contributed by atoms with van der Waals surface area (Å²) in [6.07, 6.45) is 0. The third-order valence-corrected chi connectivity index (χ3v) is 3.17. The number of nitrogens with two attached hydrogens (primary N) is 1. The third kappa shape index (κ3) is 3.24. The Hall–Kier alpha value is -1.59. The van der Waals surface area contributed by atoms with Crippen LogP contribution in [0.15, 0.2) is 40.9 Å². The fourth-order valence-corrected chi connectivity index (χ4v) is 1.98. The summed E-state index contributed by atoms with van der Waals surface area (Å²) in [7, 11) is 0. The number of primary amides is 1. The standard InChI is InChI=1S/C13H8BrClFNO2/c14-10-6-8(2-3-11(10)16)19-12-4-1-7(15)5-9(12)13(17)18/h1-6H,(H2,17,18). The average Bonchev–Trinajstić information content (AvgIpc) is 2.36. The molecule has 19 heavy (non-hydrogen) atoms. The molecular weight excluding hydrogens is 337 g/mol. The minimum absolute atomic E-state index is 0.160. The van der Waals surface area contributed by atoms with E-state index in [4.69, 9.17) is 22.1 Å². The van der Waals surface area contributed by atoms with Gasteiger partial charge in [-0.05, 0) is 52.3 Å². The summed E-state index contributed by atoms with van der Waals surface area (Å²) < 4.78 is 18.9. The maximum atomic E-state index is 13.1. The number of carbonyl (C=O) groups excluding carboxylic acids is 1. The van der Waals surface area contributed by atoms with Gasteiger partial charge in [-0.1, -0.05) is 11.6 Å². The molecule has 1 amide bonds. The second kappa shape index (κ2) is 5.59. The zero-order valence-corrected chi connectivity index (χ0v) is 11.8. The molecule has 0 atom stereocenters.